The van der Waals surface area contributed by atoms with Gasteiger partial charge in [0.1, 0.15) is 5.76 Å². The number of rotatable bonds is 9. The predicted molar refractivity (Wildman–Crippen MR) is 120 cm³/mol. The summed E-state index contributed by atoms with van der Waals surface area (Å²) >= 11 is 1.70. The lowest BCUT2D eigenvalue weighted by molar-refractivity contribution is -0.117. The Hall–Kier alpha value is -3.03. The molecule has 3 aromatic rings. The summed E-state index contributed by atoms with van der Waals surface area (Å²) in [6.07, 6.45) is 3.60. The summed E-state index contributed by atoms with van der Waals surface area (Å²) in [6, 6.07) is 18.8. The van der Waals surface area contributed by atoms with Gasteiger partial charge in [0, 0.05) is 11.4 Å². The van der Waals surface area contributed by atoms with E-state index in [0.717, 1.165) is 5.56 Å². The average Bonchev–Trinajstić information content (AvgIpc) is 3.26. The van der Waals surface area contributed by atoms with Gasteiger partial charge in [-0.15, -0.1) is 11.8 Å². The highest BCUT2D eigenvalue weighted by Gasteiger charge is 2.14. The highest BCUT2D eigenvalue weighted by Crippen LogP contribution is 2.17. The number of carbonyl (C=O) groups is 2. The van der Waals surface area contributed by atoms with Gasteiger partial charge in [-0.2, -0.15) is 0 Å². The van der Waals surface area contributed by atoms with Gasteiger partial charge in [0.15, 0.2) is 0 Å². The smallest absolute Gasteiger partial charge is 0.253 e. The summed E-state index contributed by atoms with van der Waals surface area (Å²) in [6.45, 7) is 1.16. The quantitative estimate of drug-likeness (QED) is 0.509. The fourth-order valence-electron chi connectivity index (χ4n) is 3.00. The van der Waals surface area contributed by atoms with Crippen LogP contribution >= 0.6 is 11.8 Å². The molecule has 0 radical (unpaired) electrons. The zero-order chi connectivity index (χ0) is 21.3. The molecule has 0 spiro atoms. The van der Waals surface area contributed by atoms with E-state index >= 15 is 0 Å². The van der Waals surface area contributed by atoms with Gasteiger partial charge >= 0.3 is 0 Å². The van der Waals surface area contributed by atoms with Crippen LogP contribution in [0.4, 0.5) is 5.69 Å². The van der Waals surface area contributed by atoms with Crippen molar-refractivity contribution in [2.45, 2.75) is 18.0 Å². The molecule has 0 saturated carbocycles. The topological polar surface area (TPSA) is 74.6 Å². The van der Waals surface area contributed by atoms with Crippen molar-refractivity contribution < 1.29 is 14.0 Å². The first-order valence-electron chi connectivity index (χ1n) is 9.56. The fraction of sp³-hybridized carbons (Fsp3) is 0.217. The van der Waals surface area contributed by atoms with Gasteiger partial charge in [0.2, 0.25) is 5.91 Å². The standard InChI is InChI=1S/C23H25N3O3S/c1-26(15-17-9-11-19(30-2)12-10-17)16-22(27)25-21-8-4-3-7-20(21)23(28)24-14-18-6-5-13-29-18/h3-13H,14-16H2,1-2H3,(H,24,28)(H,25,27). The molecule has 0 saturated heterocycles. The molecule has 0 fully saturated rings. The lowest BCUT2D eigenvalue weighted by Crippen LogP contribution is -2.31. The van der Waals surface area contributed by atoms with Gasteiger partial charge in [-0.05, 0) is 55.3 Å². The summed E-state index contributed by atoms with van der Waals surface area (Å²) in [5, 5.41) is 5.65. The third kappa shape index (κ3) is 6.23. The minimum Gasteiger partial charge on any atom is -0.467 e. The van der Waals surface area contributed by atoms with Crippen molar-refractivity contribution in [2.75, 3.05) is 25.2 Å². The molecule has 0 aliphatic rings. The van der Waals surface area contributed by atoms with Crippen LogP contribution in [0.5, 0.6) is 0 Å². The minimum atomic E-state index is -0.274. The van der Waals surface area contributed by atoms with E-state index in [1.807, 2.05) is 18.2 Å². The summed E-state index contributed by atoms with van der Waals surface area (Å²) in [4.78, 5) is 28.2. The van der Waals surface area contributed by atoms with Crippen LogP contribution in [0.2, 0.25) is 0 Å². The van der Waals surface area contributed by atoms with Crippen LogP contribution in [0.15, 0.2) is 76.2 Å². The Morgan fingerprint density at radius 1 is 1.03 bits per heavy atom. The van der Waals surface area contributed by atoms with Crippen molar-refractivity contribution >= 4 is 29.3 Å². The Morgan fingerprint density at radius 3 is 2.50 bits per heavy atom. The Kier molecular flexibility index (Phi) is 7.70. The molecule has 2 N–H and O–H groups in total. The fourth-order valence-corrected chi connectivity index (χ4v) is 3.41. The molecule has 30 heavy (non-hydrogen) atoms. The molecule has 7 heteroatoms. The van der Waals surface area contributed by atoms with Gasteiger partial charge in [-0.1, -0.05) is 24.3 Å². The zero-order valence-corrected chi connectivity index (χ0v) is 17.9. The third-order valence-electron chi connectivity index (χ3n) is 4.47. The number of benzene rings is 2. The number of likely N-dealkylation sites (N-methyl/N-ethyl adjacent to an activating group) is 1. The Balaban J connectivity index is 1.55. The van der Waals surface area contributed by atoms with Crippen LogP contribution in [0.1, 0.15) is 21.7 Å². The molecular weight excluding hydrogens is 398 g/mol. The van der Waals surface area contributed by atoms with E-state index < -0.39 is 0 Å². The molecule has 1 aromatic heterocycles. The Bertz CT molecular complexity index is 972. The van der Waals surface area contributed by atoms with Crippen molar-refractivity contribution in [3.63, 3.8) is 0 Å². The zero-order valence-electron chi connectivity index (χ0n) is 17.1. The second-order valence-electron chi connectivity index (χ2n) is 6.88. The van der Waals surface area contributed by atoms with E-state index in [4.69, 9.17) is 4.42 Å². The van der Waals surface area contributed by atoms with E-state index in [1.165, 1.54) is 4.90 Å². The third-order valence-corrected chi connectivity index (χ3v) is 5.22. The van der Waals surface area contributed by atoms with Gasteiger partial charge in [-0.25, -0.2) is 0 Å². The molecule has 0 aliphatic heterocycles. The predicted octanol–water partition coefficient (Wildman–Crippen LogP) is 4.00. The van der Waals surface area contributed by atoms with E-state index in [-0.39, 0.29) is 24.9 Å². The number of thioether (sulfide) groups is 1. The molecule has 6 nitrogen and oxygen atoms in total. The van der Waals surface area contributed by atoms with Crippen molar-refractivity contribution in [1.82, 2.24) is 10.2 Å². The van der Waals surface area contributed by atoms with E-state index in [0.29, 0.717) is 23.6 Å². The summed E-state index contributed by atoms with van der Waals surface area (Å²) in [5.41, 5.74) is 2.03. The molecule has 0 atom stereocenters. The number of carbonyl (C=O) groups excluding carboxylic acids is 2. The maximum atomic E-state index is 12.5. The molecule has 3 rings (SSSR count). The largest absolute Gasteiger partial charge is 0.467 e. The maximum absolute atomic E-state index is 12.5. The lowest BCUT2D eigenvalue weighted by atomic mass is 10.1. The number of anilines is 1. The molecular formula is C23H25N3O3S. The number of furan rings is 1. The summed E-state index contributed by atoms with van der Waals surface area (Å²) in [7, 11) is 1.89. The molecule has 1 heterocycles. The highest BCUT2D eigenvalue weighted by atomic mass is 32.2. The van der Waals surface area contributed by atoms with Crippen molar-refractivity contribution in [2.24, 2.45) is 0 Å². The number of para-hydroxylation sites is 1. The SMILES string of the molecule is CSc1ccc(CN(C)CC(=O)Nc2ccccc2C(=O)NCc2ccco2)cc1. The van der Waals surface area contributed by atoms with Crippen LogP contribution in [-0.2, 0) is 17.9 Å². The van der Waals surface area contributed by atoms with Crippen LogP contribution in [-0.4, -0.2) is 36.6 Å². The first kappa shape index (κ1) is 21.7. The second kappa shape index (κ2) is 10.7. The maximum Gasteiger partial charge on any atom is 0.253 e. The Morgan fingerprint density at radius 2 is 1.80 bits per heavy atom. The first-order valence-corrected chi connectivity index (χ1v) is 10.8. The highest BCUT2D eigenvalue weighted by molar-refractivity contribution is 7.98. The molecule has 0 aliphatic carbocycles. The van der Waals surface area contributed by atoms with Gasteiger partial charge < -0.3 is 15.1 Å². The Labute approximate surface area is 180 Å². The molecule has 156 valence electrons. The number of nitrogens with zero attached hydrogens (tertiary/aromatic N) is 1. The van der Waals surface area contributed by atoms with Crippen LogP contribution in [0.25, 0.3) is 0 Å². The second-order valence-corrected chi connectivity index (χ2v) is 7.76. The van der Waals surface area contributed by atoms with Crippen molar-refractivity contribution in [1.29, 1.82) is 0 Å². The monoisotopic (exact) mass is 423 g/mol. The average molecular weight is 424 g/mol. The molecule has 0 unspecified atom stereocenters. The number of hydrogen-bond acceptors (Lipinski definition) is 5. The van der Waals surface area contributed by atoms with E-state index in [1.54, 1.807) is 54.4 Å². The van der Waals surface area contributed by atoms with Crippen LogP contribution in [0, 0.1) is 0 Å². The van der Waals surface area contributed by atoms with Gasteiger partial charge in [0.25, 0.3) is 5.91 Å². The first-order chi connectivity index (χ1) is 14.5. The minimum absolute atomic E-state index is 0.176. The number of hydrogen-bond donors (Lipinski definition) is 2. The molecule has 2 aromatic carbocycles. The van der Waals surface area contributed by atoms with Gasteiger partial charge in [0.05, 0.1) is 30.6 Å². The van der Waals surface area contributed by atoms with E-state index in [9.17, 15) is 9.59 Å². The van der Waals surface area contributed by atoms with Crippen molar-refractivity contribution in [3.8, 4) is 0 Å². The molecule has 0 bridgehead atoms. The lowest BCUT2D eigenvalue weighted by Gasteiger charge is -2.17. The summed E-state index contributed by atoms with van der Waals surface area (Å²) in [5.74, 6) is 0.214. The molecule has 2 amide bonds. The normalized spacial score (nSPS) is 10.8. The van der Waals surface area contributed by atoms with E-state index in [2.05, 4.69) is 34.9 Å². The van der Waals surface area contributed by atoms with Crippen molar-refractivity contribution in [3.05, 3.63) is 83.8 Å². The van der Waals surface area contributed by atoms with Gasteiger partial charge in [-0.3, -0.25) is 14.5 Å². The summed E-state index contributed by atoms with van der Waals surface area (Å²) < 4.78 is 5.23. The number of amides is 2. The number of nitrogens with one attached hydrogen (secondary N) is 2. The van der Waals surface area contributed by atoms with Crippen LogP contribution < -0.4 is 10.6 Å². The van der Waals surface area contributed by atoms with Crippen LogP contribution in [0.3, 0.4) is 0 Å².